The van der Waals surface area contributed by atoms with E-state index in [9.17, 15) is 4.79 Å². The van der Waals surface area contributed by atoms with E-state index in [1.54, 1.807) is 42.0 Å². The van der Waals surface area contributed by atoms with E-state index < -0.39 is 0 Å². The van der Waals surface area contributed by atoms with Gasteiger partial charge in [-0.15, -0.1) is 0 Å². The minimum atomic E-state index is -0.0312. The number of aromatic nitrogens is 7. The molecule has 0 radical (unpaired) electrons. The van der Waals surface area contributed by atoms with Crippen molar-refractivity contribution in [3.8, 4) is 11.3 Å². The fourth-order valence-electron chi connectivity index (χ4n) is 3.83. The first-order chi connectivity index (χ1) is 14.3. The molecule has 0 spiro atoms. The Labute approximate surface area is 166 Å². The molecule has 0 saturated carbocycles. The van der Waals surface area contributed by atoms with E-state index in [-0.39, 0.29) is 5.56 Å². The summed E-state index contributed by atoms with van der Waals surface area (Å²) in [5.74, 6) is 1.32. The average Bonchev–Trinajstić information content (AvgIpc) is 3.25. The van der Waals surface area contributed by atoms with E-state index in [1.165, 1.54) is 0 Å². The summed E-state index contributed by atoms with van der Waals surface area (Å²) in [5, 5.41) is 0. The van der Waals surface area contributed by atoms with Crippen molar-refractivity contribution in [1.29, 1.82) is 0 Å². The van der Waals surface area contributed by atoms with E-state index >= 15 is 0 Å². The van der Waals surface area contributed by atoms with Crippen molar-refractivity contribution in [3.05, 3.63) is 59.9 Å². The molecule has 4 aromatic rings. The van der Waals surface area contributed by atoms with E-state index in [0.29, 0.717) is 23.8 Å². The highest BCUT2D eigenvalue weighted by molar-refractivity contribution is 5.82. The lowest BCUT2D eigenvalue weighted by Crippen LogP contribution is -2.37. The Kier molecular flexibility index (Phi) is 4.47. The predicted molar refractivity (Wildman–Crippen MR) is 108 cm³/mol. The molecule has 1 fully saturated rings. The number of hydrogen-bond donors (Lipinski definition) is 1. The van der Waals surface area contributed by atoms with Gasteiger partial charge in [0.1, 0.15) is 11.8 Å². The van der Waals surface area contributed by atoms with Gasteiger partial charge in [-0.3, -0.25) is 14.3 Å². The number of pyridine rings is 1. The van der Waals surface area contributed by atoms with Gasteiger partial charge in [0.25, 0.3) is 5.56 Å². The molecule has 5 rings (SSSR count). The second-order valence-corrected chi connectivity index (χ2v) is 7.24. The lowest BCUT2D eigenvalue weighted by Gasteiger charge is -2.33. The van der Waals surface area contributed by atoms with Crippen molar-refractivity contribution in [2.45, 2.75) is 19.4 Å². The van der Waals surface area contributed by atoms with E-state index in [1.807, 2.05) is 12.1 Å². The van der Waals surface area contributed by atoms with Gasteiger partial charge in [0.05, 0.1) is 18.3 Å². The Morgan fingerprint density at radius 3 is 2.83 bits per heavy atom. The van der Waals surface area contributed by atoms with Crippen LogP contribution in [0.15, 0.2) is 54.4 Å². The zero-order valence-electron chi connectivity index (χ0n) is 15.8. The standard InChI is InChI=1S/C20H20N8O/c29-17-8-16(15-2-1-5-21-9-15)26-13-28(17)10-14-3-6-27(7-4-14)20-18-19(23-11-22-18)24-12-25-20/h1-2,5,8-9,11-14H,3-4,6-7,10H2,(H,22,23,24,25). The van der Waals surface area contributed by atoms with Gasteiger partial charge in [-0.1, -0.05) is 0 Å². The third-order valence-corrected chi connectivity index (χ3v) is 5.41. The fourth-order valence-corrected chi connectivity index (χ4v) is 3.83. The summed E-state index contributed by atoms with van der Waals surface area (Å²) in [6.07, 6.45) is 10.2. The minimum Gasteiger partial charge on any atom is -0.355 e. The van der Waals surface area contributed by atoms with Gasteiger partial charge < -0.3 is 9.88 Å². The molecule has 9 nitrogen and oxygen atoms in total. The van der Waals surface area contributed by atoms with Crippen LogP contribution in [-0.2, 0) is 6.54 Å². The monoisotopic (exact) mass is 388 g/mol. The number of nitrogens with zero attached hydrogens (tertiary/aromatic N) is 7. The summed E-state index contributed by atoms with van der Waals surface area (Å²) in [5.41, 5.74) is 3.03. The summed E-state index contributed by atoms with van der Waals surface area (Å²) < 4.78 is 1.71. The normalized spacial score (nSPS) is 15.1. The topological polar surface area (TPSA) is 105 Å². The van der Waals surface area contributed by atoms with E-state index in [4.69, 9.17) is 0 Å². The molecule has 1 saturated heterocycles. The number of H-pyrrole nitrogens is 1. The maximum Gasteiger partial charge on any atom is 0.253 e. The van der Waals surface area contributed by atoms with Gasteiger partial charge in [0, 0.05) is 43.7 Å². The summed E-state index contributed by atoms with van der Waals surface area (Å²) in [6, 6.07) is 5.33. The average molecular weight is 388 g/mol. The van der Waals surface area contributed by atoms with Crippen LogP contribution in [0, 0.1) is 5.92 Å². The van der Waals surface area contributed by atoms with Crippen LogP contribution >= 0.6 is 0 Å². The lowest BCUT2D eigenvalue weighted by atomic mass is 9.96. The van der Waals surface area contributed by atoms with Gasteiger partial charge in [-0.25, -0.2) is 19.9 Å². The maximum absolute atomic E-state index is 12.6. The van der Waals surface area contributed by atoms with Gasteiger partial charge in [-0.05, 0) is 30.9 Å². The molecule has 0 atom stereocenters. The number of nitrogens with one attached hydrogen (secondary N) is 1. The molecular weight excluding hydrogens is 368 g/mol. The Balaban J connectivity index is 1.26. The second-order valence-electron chi connectivity index (χ2n) is 7.24. The number of hydrogen-bond acceptors (Lipinski definition) is 7. The highest BCUT2D eigenvalue weighted by Gasteiger charge is 2.23. The molecule has 0 unspecified atom stereocenters. The summed E-state index contributed by atoms with van der Waals surface area (Å²) in [7, 11) is 0. The molecule has 5 heterocycles. The number of fused-ring (bicyclic) bond motifs is 1. The lowest BCUT2D eigenvalue weighted by molar-refractivity contribution is 0.350. The van der Waals surface area contributed by atoms with Crippen LogP contribution < -0.4 is 10.5 Å². The molecule has 146 valence electrons. The van der Waals surface area contributed by atoms with E-state index in [2.05, 4.69) is 34.8 Å². The Morgan fingerprint density at radius 1 is 1.14 bits per heavy atom. The van der Waals surface area contributed by atoms with Crippen molar-refractivity contribution in [2.75, 3.05) is 18.0 Å². The number of rotatable bonds is 4. The van der Waals surface area contributed by atoms with Gasteiger partial charge in [0.15, 0.2) is 11.5 Å². The number of aromatic amines is 1. The van der Waals surface area contributed by atoms with Crippen molar-refractivity contribution in [3.63, 3.8) is 0 Å². The molecule has 1 N–H and O–H groups in total. The molecule has 1 aliphatic heterocycles. The Bertz CT molecular complexity index is 1180. The maximum atomic E-state index is 12.6. The molecule has 1 aliphatic rings. The van der Waals surface area contributed by atoms with Crippen LogP contribution in [-0.4, -0.2) is 47.6 Å². The van der Waals surface area contributed by atoms with Gasteiger partial charge in [-0.2, -0.15) is 0 Å². The van der Waals surface area contributed by atoms with Gasteiger partial charge in [0.2, 0.25) is 0 Å². The first-order valence-corrected chi connectivity index (χ1v) is 9.64. The van der Waals surface area contributed by atoms with Crippen LogP contribution in [0.2, 0.25) is 0 Å². The fraction of sp³-hybridized carbons (Fsp3) is 0.300. The van der Waals surface area contributed by atoms with Crippen LogP contribution in [0.25, 0.3) is 22.4 Å². The van der Waals surface area contributed by atoms with Crippen molar-refractivity contribution < 1.29 is 0 Å². The van der Waals surface area contributed by atoms with Crippen molar-refractivity contribution in [1.82, 2.24) is 34.5 Å². The highest BCUT2D eigenvalue weighted by Crippen LogP contribution is 2.26. The van der Waals surface area contributed by atoms with Crippen LogP contribution in [0.5, 0.6) is 0 Å². The molecule has 4 aromatic heterocycles. The number of anilines is 1. The SMILES string of the molecule is O=c1cc(-c2cccnc2)ncn1CC1CCN(c2ncnc3nc[nH]c23)CC1. The highest BCUT2D eigenvalue weighted by atomic mass is 16.1. The zero-order chi connectivity index (χ0) is 19.6. The quantitative estimate of drug-likeness (QED) is 0.569. The Morgan fingerprint density at radius 2 is 2.03 bits per heavy atom. The summed E-state index contributed by atoms with van der Waals surface area (Å²) >= 11 is 0. The third-order valence-electron chi connectivity index (χ3n) is 5.41. The molecular formula is C20H20N8O. The van der Waals surface area contributed by atoms with Crippen LogP contribution in [0.4, 0.5) is 5.82 Å². The molecule has 0 aliphatic carbocycles. The molecule has 0 amide bonds. The first-order valence-electron chi connectivity index (χ1n) is 9.64. The minimum absolute atomic E-state index is 0.0312. The van der Waals surface area contributed by atoms with Crippen LogP contribution in [0.1, 0.15) is 12.8 Å². The van der Waals surface area contributed by atoms with E-state index in [0.717, 1.165) is 42.8 Å². The molecule has 0 aromatic carbocycles. The molecule has 9 heteroatoms. The molecule has 0 bridgehead atoms. The predicted octanol–water partition coefficient (Wildman–Crippen LogP) is 1.89. The number of imidazole rings is 1. The largest absolute Gasteiger partial charge is 0.355 e. The van der Waals surface area contributed by atoms with Crippen molar-refractivity contribution in [2.24, 2.45) is 5.92 Å². The Hall–Kier alpha value is -3.62. The molecule has 29 heavy (non-hydrogen) atoms. The zero-order valence-corrected chi connectivity index (χ0v) is 15.8. The number of piperidine rings is 1. The summed E-state index contributed by atoms with van der Waals surface area (Å²) in [6.45, 7) is 2.44. The first kappa shape index (κ1) is 17.5. The summed E-state index contributed by atoms with van der Waals surface area (Å²) in [4.78, 5) is 39.3. The third kappa shape index (κ3) is 3.46. The second kappa shape index (κ2) is 7.42. The smallest absolute Gasteiger partial charge is 0.253 e. The van der Waals surface area contributed by atoms with Crippen LogP contribution in [0.3, 0.4) is 0 Å². The van der Waals surface area contributed by atoms with Crippen molar-refractivity contribution >= 4 is 17.0 Å². The van der Waals surface area contributed by atoms with Gasteiger partial charge >= 0.3 is 0 Å².